The number of halogens is 3. The Morgan fingerprint density at radius 1 is 1.45 bits per heavy atom. The topological polar surface area (TPSA) is 30.5 Å². The van der Waals surface area contributed by atoms with Crippen LogP contribution in [0.1, 0.15) is 0 Å². The van der Waals surface area contributed by atoms with Gasteiger partial charge in [0, 0.05) is 0 Å². The van der Waals surface area contributed by atoms with Crippen LogP contribution in [0, 0.1) is 0 Å². The van der Waals surface area contributed by atoms with Crippen LogP contribution in [0.2, 0.25) is 0 Å². The Hall–Kier alpha value is -0.330. The first-order valence-corrected chi connectivity index (χ1v) is 3.10. The molecule has 3 nitrogen and oxygen atoms in total. The van der Waals surface area contributed by atoms with Gasteiger partial charge in [-0.2, -0.15) is 18.7 Å². The minimum absolute atomic E-state index is 0.0858. The molecule has 0 saturated carbocycles. The monoisotopic (exact) mass is 171 g/mol. The second kappa shape index (κ2) is 3.38. The molecule has 1 fully saturated rings. The SMILES string of the molecule is FC(F)(F)CONC1COC1. The molecular weight excluding hydrogens is 163 g/mol. The summed E-state index contributed by atoms with van der Waals surface area (Å²) < 4.78 is 39.0. The largest absolute Gasteiger partial charge is 0.413 e. The number of hydrogen-bond donors (Lipinski definition) is 1. The molecule has 11 heavy (non-hydrogen) atoms. The van der Waals surface area contributed by atoms with E-state index in [1.165, 1.54) is 0 Å². The van der Waals surface area contributed by atoms with E-state index < -0.39 is 12.8 Å². The van der Waals surface area contributed by atoms with Crippen LogP contribution in [0.3, 0.4) is 0 Å². The summed E-state index contributed by atoms with van der Waals surface area (Å²) in [6.45, 7) is -0.431. The molecule has 0 radical (unpaired) electrons. The number of alkyl halides is 3. The van der Waals surface area contributed by atoms with E-state index in [1.54, 1.807) is 0 Å². The van der Waals surface area contributed by atoms with Crippen molar-refractivity contribution in [2.24, 2.45) is 0 Å². The maximum Gasteiger partial charge on any atom is 0.413 e. The second-order valence-corrected chi connectivity index (χ2v) is 2.26. The predicted molar refractivity (Wildman–Crippen MR) is 29.7 cm³/mol. The van der Waals surface area contributed by atoms with Gasteiger partial charge in [-0.05, 0) is 0 Å². The Kier molecular flexibility index (Phi) is 2.69. The minimum atomic E-state index is -4.27. The molecule has 1 aliphatic rings. The molecular formula is C5H8F3NO2. The van der Waals surface area contributed by atoms with Gasteiger partial charge in [0.15, 0.2) is 6.61 Å². The van der Waals surface area contributed by atoms with Crippen LogP contribution in [0.25, 0.3) is 0 Å². The van der Waals surface area contributed by atoms with Crippen LogP contribution in [0.15, 0.2) is 0 Å². The summed E-state index contributed by atoms with van der Waals surface area (Å²) in [5, 5.41) is 0. The van der Waals surface area contributed by atoms with Crippen LogP contribution in [0.5, 0.6) is 0 Å². The Bertz CT molecular complexity index is 123. The van der Waals surface area contributed by atoms with Gasteiger partial charge in [0.05, 0.1) is 19.3 Å². The smallest absolute Gasteiger partial charge is 0.378 e. The molecule has 0 aromatic rings. The Balaban J connectivity index is 1.95. The molecule has 6 heteroatoms. The Morgan fingerprint density at radius 2 is 2.09 bits per heavy atom. The maximum absolute atomic E-state index is 11.4. The van der Waals surface area contributed by atoms with E-state index in [1.807, 2.05) is 0 Å². The van der Waals surface area contributed by atoms with E-state index in [9.17, 15) is 13.2 Å². The highest BCUT2D eigenvalue weighted by molar-refractivity contribution is 4.68. The van der Waals surface area contributed by atoms with Crippen molar-refractivity contribution < 1.29 is 22.7 Å². The first kappa shape index (κ1) is 8.76. The molecule has 1 aliphatic heterocycles. The maximum atomic E-state index is 11.4. The number of nitrogens with one attached hydrogen (secondary N) is 1. The van der Waals surface area contributed by atoms with Crippen LogP contribution in [-0.4, -0.2) is 32.0 Å². The quantitative estimate of drug-likeness (QED) is 0.626. The molecule has 0 bridgehead atoms. The van der Waals surface area contributed by atoms with Gasteiger partial charge in [0.1, 0.15) is 0 Å². The number of hydrogen-bond acceptors (Lipinski definition) is 3. The molecule has 1 heterocycles. The summed E-state index contributed by atoms with van der Waals surface area (Å²) in [7, 11) is 0. The van der Waals surface area contributed by atoms with E-state index in [0.29, 0.717) is 13.2 Å². The normalized spacial score (nSPS) is 19.9. The molecule has 0 aromatic heterocycles. The van der Waals surface area contributed by atoms with Crippen LogP contribution < -0.4 is 5.48 Å². The fourth-order valence-corrected chi connectivity index (χ4v) is 0.545. The summed E-state index contributed by atoms with van der Waals surface area (Å²) in [6.07, 6.45) is -4.27. The molecule has 1 rings (SSSR count). The first-order valence-electron chi connectivity index (χ1n) is 3.10. The zero-order valence-corrected chi connectivity index (χ0v) is 5.65. The van der Waals surface area contributed by atoms with E-state index >= 15 is 0 Å². The molecule has 1 saturated heterocycles. The highest BCUT2D eigenvalue weighted by Gasteiger charge is 2.29. The zero-order chi connectivity index (χ0) is 8.32. The van der Waals surface area contributed by atoms with Gasteiger partial charge in [0.25, 0.3) is 0 Å². The highest BCUT2D eigenvalue weighted by atomic mass is 19.4. The fourth-order valence-electron chi connectivity index (χ4n) is 0.545. The summed E-state index contributed by atoms with van der Waals surface area (Å²) in [4.78, 5) is 4.15. The van der Waals surface area contributed by atoms with E-state index in [0.717, 1.165) is 0 Å². The third kappa shape index (κ3) is 3.54. The van der Waals surface area contributed by atoms with E-state index in [4.69, 9.17) is 4.74 Å². The lowest BCUT2D eigenvalue weighted by atomic mass is 10.3. The molecule has 0 atom stereocenters. The van der Waals surface area contributed by atoms with Crippen LogP contribution >= 0.6 is 0 Å². The highest BCUT2D eigenvalue weighted by Crippen LogP contribution is 2.14. The standard InChI is InChI=1S/C5H8F3NO2/c6-5(7,8)3-11-9-4-1-10-2-4/h4,9H,1-3H2. The lowest BCUT2D eigenvalue weighted by Gasteiger charge is -2.26. The van der Waals surface area contributed by atoms with Crippen molar-refractivity contribution >= 4 is 0 Å². The Morgan fingerprint density at radius 3 is 2.45 bits per heavy atom. The molecule has 0 aromatic carbocycles. The van der Waals surface area contributed by atoms with Crippen molar-refractivity contribution in [3.05, 3.63) is 0 Å². The molecule has 1 N–H and O–H groups in total. The lowest BCUT2D eigenvalue weighted by Crippen LogP contribution is -2.46. The number of hydroxylamine groups is 1. The van der Waals surface area contributed by atoms with Crippen LogP contribution in [0.4, 0.5) is 13.2 Å². The predicted octanol–water partition coefficient (Wildman–Crippen LogP) is 0.469. The van der Waals surface area contributed by atoms with Gasteiger partial charge in [-0.1, -0.05) is 0 Å². The Labute approximate surface area is 61.4 Å². The summed E-state index contributed by atoms with van der Waals surface area (Å²) >= 11 is 0. The summed E-state index contributed by atoms with van der Waals surface area (Å²) in [6, 6.07) is -0.0858. The number of ether oxygens (including phenoxy) is 1. The summed E-state index contributed by atoms with van der Waals surface area (Å²) in [5.41, 5.74) is 2.23. The average Bonchev–Trinajstić information content (AvgIpc) is 1.73. The van der Waals surface area contributed by atoms with Gasteiger partial charge in [-0.25, -0.2) is 0 Å². The van der Waals surface area contributed by atoms with Gasteiger partial charge < -0.3 is 4.74 Å². The van der Waals surface area contributed by atoms with Crippen molar-refractivity contribution in [1.82, 2.24) is 5.48 Å². The van der Waals surface area contributed by atoms with Crippen LogP contribution in [-0.2, 0) is 9.57 Å². The van der Waals surface area contributed by atoms with Gasteiger partial charge in [-0.15, -0.1) is 0 Å². The number of rotatable bonds is 3. The van der Waals surface area contributed by atoms with Crippen molar-refractivity contribution in [2.75, 3.05) is 19.8 Å². The van der Waals surface area contributed by atoms with Gasteiger partial charge >= 0.3 is 6.18 Å². The fraction of sp³-hybridized carbons (Fsp3) is 1.00. The summed E-state index contributed by atoms with van der Waals surface area (Å²) in [5.74, 6) is 0. The molecule has 0 aliphatic carbocycles. The van der Waals surface area contributed by atoms with E-state index in [2.05, 4.69) is 10.3 Å². The first-order chi connectivity index (χ1) is 5.08. The lowest BCUT2D eigenvalue weighted by molar-refractivity contribution is -0.203. The van der Waals surface area contributed by atoms with Gasteiger partial charge in [0.2, 0.25) is 0 Å². The van der Waals surface area contributed by atoms with Crippen molar-refractivity contribution in [3.8, 4) is 0 Å². The molecule has 0 spiro atoms. The molecule has 66 valence electrons. The minimum Gasteiger partial charge on any atom is -0.378 e. The molecule has 0 unspecified atom stereocenters. The third-order valence-corrected chi connectivity index (χ3v) is 1.12. The second-order valence-electron chi connectivity index (χ2n) is 2.26. The molecule has 0 amide bonds. The average molecular weight is 171 g/mol. The van der Waals surface area contributed by atoms with Crippen molar-refractivity contribution in [2.45, 2.75) is 12.2 Å². The zero-order valence-electron chi connectivity index (χ0n) is 5.65. The van der Waals surface area contributed by atoms with Crippen molar-refractivity contribution in [1.29, 1.82) is 0 Å². The van der Waals surface area contributed by atoms with Crippen molar-refractivity contribution in [3.63, 3.8) is 0 Å². The third-order valence-electron chi connectivity index (χ3n) is 1.12. The van der Waals surface area contributed by atoms with Gasteiger partial charge in [-0.3, -0.25) is 4.84 Å². The van der Waals surface area contributed by atoms with E-state index in [-0.39, 0.29) is 6.04 Å².